The topological polar surface area (TPSA) is 9.23 Å². The number of ether oxygens (including phenoxy) is 1. The van der Waals surface area contributed by atoms with E-state index in [1.807, 2.05) is 0 Å². The highest BCUT2D eigenvalue weighted by atomic mass is 79.9. The molecule has 0 fully saturated rings. The van der Waals surface area contributed by atoms with Crippen LogP contribution in [0.25, 0.3) is 0 Å². The van der Waals surface area contributed by atoms with Crippen LogP contribution in [-0.2, 0) is 6.42 Å². The summed E-state index contributed by atoms with van der Waals surface area (Å²) in [6, 6.07) is 6.35. The maximum Gasteiger partial charge on any atom is 0.122 e. The first-order valence-corrected chi connectivity index (χ1v) is 5.32. The van der Waals surface area contributed by atoms with Crippen LogP contribution in [0, 0.1) is 6.92 Å². The summed E-state index contributed by atoms with van der Waals surface area (Å²) in [4.78, 5) is 0.514. The highest BCUT2D eigenvalue weighted by Gasteiger charge is 2.02. The van der Waals surface area contributed by atoms with Crippen molar-refractivity contribution >= 4 is 15.9 Å². The number of alkyl halides is 1. The van der Waals surface area contributed by atoms with E-state index in [-0.39, 0.29) is 0 Å². The lowest BCUT2D eigenvalue weighted by Gasteiger charge is -2.08. The molecule has 0 bridgehead atoms. The summed E-state index contributed by atoms with van der Waals surface area (Å²) in [7, 11) is 1.71. The number of halogens is 1. The molecule has 13 heavy (non-hydrogen) atoms. The zero-order valence-corrected chi connectivity index (χ0v) is 9.89. The molecule has 1 aromatic carbocycles. The first kappa shape index (κ1) is 10.6. The summed E-state index contributed by atoms with van der Waals surface area (Å²) in [5.74, 6) is 0.977. The lowest BCUT2D eigenvalue weighted by Crippen LogP contribution is -1.97. The van der Waals surface area contributed by atoms with Crippen LogP contribution in [0.15, 0.2) is 18.2 Å². The Morgan fingerprint density at radius 1 is 1.46 bits per heavy atom. The van der Waals surface area contributed by atoms with E-state index in [9.17, 15) is 0 Å². The summed E-state index contributed by atoms with van der Waals surface area (Å²) in [6.07, 6.45) is 1.04. The van der Waals surface area contributed by atoms with Gasteiger partial charge < -0.3 is 4.74 Å². The minimum absolute atomic E-state index is 0.514. The van der Waals surface area contributed by atoms with Gasteiger partial charge in [-0.05, 0) is 30.5 Å². The van der Waals surface area contributed by atoms with Gasteiger partial charge in [0.25, 0.3) is 0 Å². The van der Waals surface area contributed by atoms with Crippen LogP contribution in [-0.4, -0.2) is 11.9 Å². The van der Waals surface area contributed by atoms with Crippen molar-refractivity contribution in [1.82, 2.24) is 0 Å². The number of aryl methyl sites for hydroxylation is 1. The predicted octanol–water partition coefficient (Wildman–Crippen LogP) is 3.33. The van der Waals surface area contributed by atoms with Crippen molar-refractivity contribution in [2.75, 3.05) is 7.11 Å². The molecule has 1 nitrogen and oxygen atoms in total. The molecule has 0 radical (unpaired) electrons. The molecule has 1 rings (SSSR count). The number of methoxy groups -OCH3 is 1. The van der Waals surface area contributed by atoms with Crippen LogP contribution in [0.3, 0.4) is 0 Å². The standard InChI is InChI=1S/C11H15BrO/c1-8-4-5-10(6-9(2)12)7-11(8)13-3/h4-5,7,9H,6H2,1-3H3. The van der Waals surface area contributed by atoms with E-state index in [0.717, 1.165) is 12.2 Å². The SMILES string of the molecule is COc1cc(CC(C)Br)ccc1C. The van der Waals surface area contributed by atoms with E-state index in [1.54, 1.807) is 7.11 Å². The molecule has 72 valence electrons. The molecular formula is C11H15BrO. The summed E-state index contributed by atoms with van der Waals surface area (Å²) >= 11 is 3.54. The highest BCUT2D eigenvalue weighted by molar-refractivity contribution is 9.09. The molecule has 1 aromatic rings. The van der Waals surface area contributed by atoms with Gasteiger partial charge in [-0.25, -0.2) is 0 Å². The fraction of sp³-hybridized carbons (Fsp3) is 0.455. The summed E-state index contributed by atoms with van der Waals surface area (Å²) in [5, 5.41) is 0. The smallest absolute Gasteiger partial charge is 0.122 e. The van der Waals surface area contributed by atoms with E-state index < -0.39 is 0 Å². The molecule has 1 atom stereocenters. The van der Waals surface area contributed by atoms with Crippen LogP contribution in [0.1, 0.15) is 18.1 Å². The summed E-state index contributed by atoms with van der Waals surface area (Å²) in [5.41, 5.74) is 2.50. The van der Waals surface area contributed by atoms with Crippen molar-refractivity contribution in [3.8, 4) is 5.75 Å². The summed E-state index contributed by atoms with van der Waals surface area (Å²) in [6.45, 7) is 4.20. The third kappa shape index (κ3) is 3.03. The molecule has 0 aliphatic carbocycles. The molecule has 0 saturated carbocycles. The average Bonchev–Trinajstić information content (AvgIpc) is 2.07. The largest absolute Gasteiger partial charge is 0.496 e. The molecule has 0 amide bonds. The predicted molar refractivity (Wildman–Crippen MR) is 59.8 cm³/mol. The maximum absolute atomic E-state index is 5.25. The fourth-order valence-corrected chi connectivity index (χ4v) is 1.69. The normalized spacial score (nSPS) is 12.6. The second-order valence-electron chi connectivity index (χ2n) is 3.29. The Balaban J connectivity index is 2.86. The van der Waals surface area contributed by atoms with Crippen molar-refractivity contribution in [1.29, 1.82) is 0 Å². The molecule has 0 aromatic heterocycles. The van der Waals surface area contributed by atoms with Crippen LogP contribution in [0.2, 0.25) is 0 Å². The van der Waals surface area contributed by atoms with Crippen molar-refractivity contribution in [2.45, 2.75) is 25.1 Å². The quantitative estimate of drug-likeness (QED) is 0.740. The van der Waals surface area contributed by atoms with Crippen molar-refractivity contribution in [3.63, 3.8) is 0 Å². The Morgan fingerprint density at radius 3 is 2.69 bits per heavy atom. The van der Waals surface area contributed by atoms with Gasteiger partial charge in [-0.1, -0.05) is 35.0 Å². The summed E-state index contributed by atoms with van der Waals surface area (Å²) < 4.78 is 5.25. The second-order valence-corrected chi connectivity index (χ2v) is 4.85. The van der Waals surface area contributed by atoms with Gasteiger partial charge >= 0.3 is 0 Å². The van der Waals surface area contributed by atoms with Gasteiger partial charge in [0.05, 0.1) is 7.11 Å². The van der Waals surface area contributed by atoms with Crippen LogP contribution in [0.4, 0.5) is 0 Å². The first-order chi connectivity index (χ1) is 6.13. The van der Waals surface area contributed by atoms with Gasteiger partial charge in [0.1, 0.15) is 5.75 Å². The average molecular weight is 243 g/mol. The van der Waals surface area contributed by atoms with Crippen molar-refractivity contribution in [2.24, 2.45) is 0 Å². The third-order valence-electron chi connectivity index (χ3n) is 1.99. The van der Waals surface area contributed by atoms with E-state index >= 15 is 0 Å². The van der Waals surface area contributed by atoms with Crippen molar-refractivity contribution < 1.29 is 4.74 Å². The first-order valence-electron chi connectivity index (χ1n) is 4.41. The number of hydrogen-bond donors (Lipinski definition) is 0. The van der Waals surface area contributed by atoms with Crippen LogP contribution < -0.4 is 4.74 Å². The zero-order chi connectivity index (χ0) is 9.84. The van der Waals surface area contributed by atoms with Gasteiger partial charge in [-0.15, -0.1) is 0 Å². The third-order valence-corrected chi connectivity index (χ3v) is 2.31. The minimum atomic E-state index is 0.514. The molecular weight excluding hydrogens is 228 g/mol. The maximum atomic E-state index is 5.25. The monoisotopic (exact) mass is 242 g/mol. The van der Waals surface area contributed by atoms with Crippen LogP contribution >= 0.6 is 15.9 Å². The molecule has 0 heterocycles. The second kappa shape index (κ2) is 4.66. The van der Waals surface area contributed by atoms with E-state index in [2.05, 4.69) is 48.0 Å². The molecule has 0 spiro atoms. The Morgan fingerprint density at radius 2 is 2.15 bits per heavy atom. The van der Waals surface area contributed by atoms with Gasteiger partial charge in [0.2, 0.25) is 0 Å². The van der Waals surface area contributed by atoms with Gasteiger partial charge in [-0.3, -0.25) is 0 Å². The van der Waals surface area contributed by atoms with Crippen molar-refractivity contribution in [3.05, 3.63) is 29.3 Å². The number of hydrogen-bond acceptors (Lipinski definition) is 1. The van der Waals surface area contributed by atoms with Crippen LogP contribution in [0.5, 0.6) is 5.75 Å². The Hall–Kier alpha value is -0.500. The zero-order valence-electron chi connectivity index (χ0n) is 8.30. The van der Waals surface area contributed by atoms with E-state index in [0.29, 0.717) is 4.83 Å². The lowest BCUT2D eigenvalue weighted by molar-refractivity contribution is 0.411. The highest BCUT2D eigenvalue weighted by Crippen LogP contribution is 2.20. The Bertz CT molecular complexity index is 281. The van der Waals surface area contributed by atoms with E-state index in [1.165, 1.54) is 11.1 Å². The molecule has 2 heteroatoms. The Kier molecular flexibility index (Phi) is 3.79. The molecule has 0 aliphatic rings. The fourth-order valence-electron chi connectivity index (χ4n) is 1.32. The molecule has 0 N–H and O–H groups in total. The number of rotatable bonds is 3. The number of benzene rings is 1. The molecule has 0 aliphatic heterocycles. The van der Waals surface area contributed by atoms with E-state index in [4.69, 9.17) is 4.74 Å². The van der Waals surface area contributed by atoms with Gasteiger partial charge in [-0.2, -0.15) is 0 Å². The lowest BCUT2D eigenvalue weighted by atomic mass is 10.1. The molecule has 0 saturated heterocycles. The van der Waals surface area contributed by atoms with Gasteiger partial charge in [0.15, 0.2) is 0 Å². The van der Waals surface area contributed by atoms with Gasteiger partial charge in [0, 0.05) is 4.83 Å². The minimum Gasteiger partial charge on any atom is -0.496 e. The Labute approximate surface area is 88.2 Å². The molecule has 1 unspecified atom stereocenters.